The van der Waals surface area contributed by atoms with Crippen molar-refractivity contribution in [3.05, 3.63) is 0 Å². The molecule has 1 unspecified atom stereocenters. The minimum atomic E-state index is -0.746. The molecule has 0 amide bonds. The van der Waals surface area contributed by atoms with Crippen LogP contribution in [0.25, 0.3) is 0 Å². The summed E-state index contributed by atoms with van der Waals surface area (Å²) in [5.74, 6) is -0.746. The van der Waals surface area contributed by atoms with Gasteiger partial charge in [0.15, 0.2) is 5.79 Å². The van der Waals surface area contributed by atoms with Crippen LogP contribution in [0.5, 0.6) is 0 Å². The zero-order chi connectivity index (χ0) is 9.45. The van der Waals surface area contributed by atoms with Gasteiger partial charge >= 0.3 is 0 Å². The van der Waals surface area contributed by atoms with Crippen LogP contribution < -0.4 is 0 Å². The molecule has 0 heterocycles. The summed E-state index contributed by atoms with van der Waals surface area (Å²) in [6, 6.07) is 0. The fourth-order valence-electron chi connectivity index (χ4n) is 0.816. The van der Waals surface area contributed by atoms with Crippen molar-refractivity contribution in [1.29, 1.82) is 0 Å². The Bertz CT molecular complexity index is 126. The molecule has 0 aliphatic carbocycles. The maximum Gasteiger partial charge on any atom is 0.165 e. The van der Waals surface area contributed by atoms with E-state index in [0.717, 1.165) is 6.29 Å². The van der Waals surface area contributed by atoms with Gasteiger partial charge in [-0.25, -0.2) is 0 Å². The number of methoxy groups -OCH3 is 1. The van der Waals surface area contributed by atoms with Gasteiger partial charge in [-0.2, -0.15) is 0 Å². The van der Waals surface area contributed by atoms with Crippen molar-refractivity contribution in [2.45, 2.75) is 25.6 Å². The summed E-state index contributed by atoms with van der Waals surface area (Å²) in [6.07, 6.45) is 1.72. The third kappa shape index (κ3) is 4.43. The summed E-state index contributed by atoms with van der Waals surface area (Å²) in [5.41, 5.74) is 0. The van der Waals surface area contributed by atoms with Crippen molar-refractivity contribution >= 4 is 6.29 Å². The van der Waals surface area contributed by atoms with Gasteiger partial charge in [-0.3, -0.25) is 0 Å². The summed E-state index contributed by atoms with van der Waals surface area (Å²) in [4.78, 5) is 10.1. The molecule has 0 saturated heterocycles. The number of hydrogen-bond acceptors (Lipinski definition) is 4. The molecular formula is C8H16O4. The van der Waals surface area contributed by atoms with Crippen LogP contribution in [0, 0.1) is 0 Å². The van der Waals surface area contributed by atoms with Crippen LogP contribution >= 0.6 is 0 Å². The van der Waals surface area contributed by atoms with Crippen LogP contribution in [-0.4, -0.2) is 37.5 Å². The Morgan fingerprint density at radius 2 is 2.25 bits per heavy atom. The molecule has 1 atom stereocenters. The van der Waals surface area contributed by atoms with Gasteiger partial charge < -0.3 is 19.4 Å². The smallest absolute Gasteiger partial charge is 0.165 e. The van der Waals surface area contributed by atoms with E-state index in [1.54, 1.807) is 6.92 Å². The molecule has 0 rings (SSSR count). The van der Waals surface area contributed by atoms with E-state index in [2.05, 4.69) is 0 Å². The number of ether oxygens (including phenoxy) is 2. The summed E-state index contributed by atoms with van der Waals surface area (Å²) >= 11 is 0. The van der Waals surface area contributed by atoms with E-state index in [4.69, 9.17) is 14.6 Å². The Labute approximate surface area is 72.5 Å². The van der Waals surface area contributed by atoms with E-state index < -0.39 is 5.79 Å². The largest absolute Gasteiger partial charge is 0.394 e. The molecule has 0 bridgehead atoms. The van der Waals surface area contributed by atoms with Crippen molar-refractivity contribution in [3.8, 4) is 0 Å². The van der Waals surface area contributed by atoms with Gasteiger partial charge in [-0.15, -0.1) is 0 Å². The monoisotopic (exact) mass is 176 g/mol. The molecule has 0 aromatic carbocycles. The molecule has 0 spiro atoms. The average Bonchev–Trinajstić information content (AvgIpc) is 2.11. The maximum absolute atomic E-state index is 10.1. The lowest BCUT2D eigenvalue weighted by atomic mass is 10.2. The molecule has 0 aliphatic rings. The molecule has 4 heteroatoms. The summed E-state index contributed by atoms with van der Waals surface area (Å²) < 4.78 is 10.2. The second-order valence-electron chi connectivity index (χ2n) is 2.62. The van der Waals surface area contributed by atoms with Crippen molar-refractivity contribution in [2.24, 2.45) is 0 Å². The van der Waals surface area contributed by atoms with Gasteiger partial charge in [0.25, 0.3) is 0 Å². The molecule has 0 aromatic heterocycles. The summed E-state index contributed by atoms with van der Waals surface area (Å²) in [7, 11) is 1.52. The first-order valence-corrected chi connectivity index (χ1v) is 3.92. The predicted octanol–water partition coefficient (Wildman–Crippen LogP) is 0.337. The van der Waals surface area contributed by atoms with Gasteiger partial charge in [0.1, 0.15) is 6.29 Å². The first kappa shape index (κ1) is 11.6. The van der Waals surface area contributed by atoms with Crippen LogP contribution in [0.1, 0.15) is 19.8 Å². The van der Waals surface area contributed by atoms with Crippen molar-refractivity contribution in [3.63, 3.8) is 0 Å². The molecular weight excluding hydrogens is 160 g/mol. The average molecular weight is 176 g/mol. The minimum Gasteiger partial charge on any atom is -0.394 e. The van der Waals surface area contributed by atoms with Gasteiger partial charge in [-0.1, -0.05) is 0 Å². The number of carbonyl (C=O) groups is 1. The molecule has 4 nitrogen and oxygen atoms in total. The van der Waals surface area contributed by atoms with Crippen molar-refractivity contribution < 1.29 is 19.4 Å². The zero-order valence-electron chi connectivity index (χ0n) is 7.58. The summed E-state index contributed by atoms with van der Waals surface area (Å²) in [5, 5.41) is 8.50. The zero-order valence-corrected chi connectivity index (χ0v) is 7.58. The molecule has 0 saturated carbocycles. The third-order valence-electron chi connectivity index (χ3n) is 1.65. The van der Waals surface area contributed by atoms with E-state index in [1.165, 1.54) is 7.11 Å². The summed E-state index contributed by atoms with van der Waals surface area (Å²) in [6.45, 7) is 1.93. The highest BCUT2D eigenvalue weighted by Gasteiger charge is 2.23. The maximum atomic E-state index is 10.1. The van der Waals surface area contributed by atoms with E-state index in [-0.39, 0.29) is 13.2 Å². The van der Waals surface area contributed by atoms with Crippen molar-refractivity contribution in [2.75, 3.05) is 20.3 Å². The van der Waals surface area contributed by atoms with Gasteiger partial charge in [-0.05, 0) is 6.92 Å². The van der Waals surface area contributed by atoms with Crippen LogP contribution in [0.3, 0.4) is 0 Å². The first-order valence-electron chi connectivity index (χ1n) is 3.92. The standard InChI is InChI=1S/C8H16O4/c1-8(11-2,4-3-5-9)12-7-6-10/h5,10H,3-4,6-7H2,1-2H3. The van der Waals surface area contributed by atoms with E-state index >= 15 is 0 Å². The lowest BCUT2D eigenvalue weighted by Gasteiger charge is -2.27. The van der Waals surface area contributed by atoms with Crippen LogP contribution in [0.2, 0.25) is 0 Å². The Kier molecular flexibility index (Phi) is 5.88. The molecule has 0 fully saturated rings. The quantitative estimate of drug-likeness (QED) is 0.449. The first-order chi connectivity index (χ1) is 5.68. The molecule has 0 aromatic rings. The normalized spacial score (nSPS) is 15.6. The van der Waals surface area contributed by atoms with Gasteiger partial charge in [0, 0.05) is 20.0 Å². The number of aliphatic hydroxyl groups is 1. The van der Waals surface area contributed by atoms with Crippen LogP contribution in [0.15, 0.2) is 0 Å². The Morgan fingerprint density at radius 3 is 2.67 bits per heavy atom. The highest BCUT2D eigenvalue weighted by atomic mass is 16.7. The molecule has 0 radical (unpaired) electrons. The Morgan fingerprint density at radius 1 is 1.58 bits per heavy atom. The third-order valence-corrected chi connectivity index (χ3v) is 1.65. The lowest BCUT2D eigenvalue weighted by molar-refractivity contribution is -0.217. The van der Waals surface area contributed by atoms with Crippen LogP contribution in [-0.2, 0) is 14.3 Å². The van der Waals surface area contributed by atoms with E-state index in [9.17, 15) is 4.79 Å². The Hall–Kier alpha value is -0.450. The molecule has 72 valence electrons. The fourth-order valence-corrected chi connectivity index (χ4v) is 0.816. The predicted molar refractivity (Wildman–Crippen MR) is 43.7 cm³/mol. The molecule has 0 aliphatic heterocycles. The number of aldehydes is 1. The van der Waals surface area contributed by atoms with Gasteiger partial charge in [0.2, 0.25) is 0 Å². The van der Waals surface area contributed by atoms with Crippen molar-refractivity contribution in [1.82, 2.24) is 0 Å². The van der Waals surface area contributed by atoms with E-state index in [0.29, 0.717) is 12.8 Å². The Balaban J connectivity index is 3.77. The van der Waals surface area contributed by atoms with Crippen LogP contribution in [0.4, 0.5) is 0 Å². The molecule has 1 N–H and O–H groups in total. The lowest BCUT2D eigenvalue weighted by Crippen LogP contribution is -2.32. The fraction of sp³-hybridized carbons (Fsp3) is 0.875. The topological polar surface area (TPSA) is 55.8 Å². The highest BCUT2D eigenvalue weighted by Crippen LogP contribution is 2.17. The second-order valence-corrected chi connectivity index (χ2v) is 2.62. The minimum absolute atomic E-state index is 0.0416. The molecule has 12 heavy (non-hydrogen) atoms. The van der Waals surface area contributed by atoms with E-state index in [1.807, 2.05) is 0 Å². The van der Waals surface area contributed by atoms with Gasteiger partial charge in [0.05, 0.1) is 13.2 Å². The number of aliphatic hydroxyl groups excluding tert-OH is 1. The SMILES string of the molecule is COC(C)(CCC=O)OCCO. The number of hydrogen-bond donors (Lipinski definition) is 1. The number of rotatable bonds is 7. The number of carbonyl (C=O) groups excluding carboxylic acids is 1. The highest BCUT2D eigenvalue weighted by molar-refractivity contribution is 5.49. The second kappa shape index (κ2) is 6.11.